The van der Waals surface area contributed by atoms with Crippen molar-refractivity contribution in [1.29, 1.82) is 0 Å². The second-order valence-corrected chi connectivity index (χ2v) is 8.79. The van der Waals surface area contributed by atoms with Gasteiger partial charge in [0.05, 0.1) is 0 Å². The largest absolute Gasteiger partial charge is 0.307 e. The van der Waals surface area contributed by atoms with Gasteiger partial charge in [-0.1, -0.05) is 24.6 Å². The first kappa shape index (κ1) is 13.0. The molecule has 1 heterocycles. The summed E-state index contributed by atoms with van der Waals surface area (Å²) in [6, 6.07) is 10.5. The first-order chi connectivity index (χ1) is 10.4. The molecule has 5 rings (SSSR count). The van der Waals surface area contributed by atoms with Gasteiger partial charge in [0.15, 0.2) is 0 Å². The smallest absolute Gasteiger partial charge is 0.0341 e. The molecule has 0 aromatic heterocycles. The van der Waals surface area contributed by atoms with Gasteiger partial charge in [-0.2, -0.15) is 0 Å². The Bertz CT molecular complexity index is 542. The first-order valence-electron chi connectivity index (χ1n) is 8.88. The maximum Gasteiger partial charge on any atom is 0.0341 e. The standard InChI is InChI=1S/C19H25NS/c1-2-7-19-15(4-1)17(8-9-21-19)20-18-11-12-10-16(18)14-6-3-5-13(12)14/h1-2,4,7,12-14,16-18,20H,3,5-6,8-11H2/t12-,13+,14+,16+,17+,18-/m1/s1. The average Bonchev–Trinajstić information content (AvgIpc) is 3.20. The molecule has 3 saturated carbocycles. The normalized spacial score (nSPS) is 43.8. The van der Waals surface area contributed by atoms with Crippen molar-refractivity contribution in [3.8, 4) is 0 Å². The third kappa shape index (κ3) is 2.02. The molecule has 1 aliphatic heterocycles. The molecule has 4 aliphatic rings. The van der Waals surface area contributed by atoms with Crippen molar-refractivity contribution in [3.05, 3.63) is 29.8 Å². The highest BCUT2D eigenvalue weighted by Gasteiger charge is 2.53. The van der Waals surface area contributed by atoms with E-state index >= 15 is 0 Å². The number of fused-ring (bicyclic) bond motifs is 6. The van der Waals surface area contributed by atoms with Crippen LogP contribution >= 0.6 is 11.8 Å². The molecule has 21 heavy (non-hydrogen) atoms. The van der Waals surface area contributed by atoms with Crippen molar-refractivity contribution in [2.45, 2.75) is 55.5 Å². The van der Waals surface area contributed by atoms with Crippen LogP contribution in [0.25, 0.3) is 0 Å². The molecule has 1 aromatic rings. The lowest BCUT2D eigenvalue weighted by Gasteiger charge is -2.36. The number of nitrogens with one attached hydrogen (secondary N) is 1. The Balaban J connectivity index is 1.35. The predicted octanol–water partition coefficient (Wildman–Crippen LogP) is 4.64. The Labute approximate surface area is 132 Å². The van der Waals surface area contributed by atoms with E-state index in [0.29, 0.717) is 6.04 Å². The lowest BCUT2D eigenvalue weighted by Crippen LogP contribution is -2.42. The van der Waals surface area contributed by atoms with Gasteiger partial charge >= 0.3 is 0 Å². The van der Waals surface area contributed by atoms with E-state index in [1.165, 1.54) is 42.8 Å². The first-order valence-corrected chi connectivity index (χ1v) is 9.86. The van der Waals surface area contributed by atoms with E-state index < -0.39 is 0 Å². The summed E-state index contributed by atoms with van der Waals surface area (Å²) < 4.78 is 0. The van der Waals surface area contributed by atoms with Gasteiger partial charge in [-0.05, 0) is 73.2 Å². The minimum Gasteiger partial charge on any atom is -0.307 e. The third-order valence-corrected chi connectivity index (χ3v) is 7.93. The van der Waals surface area contributed by atoms with Gasteiger partial charge < -0.3 is 5.32 Å². The molecule has 0 spiro atoms. The van der Waals surface area contributed by atoms with Gasteiger partial charge in [0.2, 0.25) is 0 Å². The highest BCUT2D eigenvalue weighted by atomic mass is 32.2. The zero-order valence-electron chi connectivity index (χ0n) is 12.6. The molecule has 1 aromatic carbocycles. The van der Waals surface area contributed by atoms with Crippen LogP contribution in [0.3, 0.4) is 0 Å². The van der Waals surface area contributed by atoms with E-state index in [1.807, 2.05) is 11.8 Å². The van der Waals surface area contributed by atoms with Crippen LogP contribution in [0.5, 0.6) is 0 Å². The van der Waals surface area contributed by atoms with Gasteiger partial charge in [-0.25, -0.2) is 0 Å². The summed E-state index contributed by atoms with van der Waals surface area (Å²) in [6.45, 7) is 0. The Morgan fingerprint density at radius 1 is 0.952 bits per heavy atom. The zero-order valence-corrected chi connectivity index (χ0v) is 13.4. The number of hydrogen-bond acceptors (Lipinski definition) is 2. The van der Waals surface area contributed by atoms with Crippen LogP contribution in [-0.4, -0.2) is 11.8 Å². The Kier molecular flexibility index (Phi) is 3.11. The van der Waals surface area contributed by atoms with Gasteiger partial charge in [0, 0.05) is 17.0 Å². The van der Waals surface area contributed by atoms with Crippen LogP contribution in [-0.2, 0) is 0 Å². The number of thioether (sulfide) groups is 1. The van der Waals surface area contributed by atoms with Gasteiger partial charge in [-0.3, -0.25) is 0 Å². The lowest BCUT2D eigenvalue weighted by molar-refractivity contribution is 0.196. The molecular weight excluding hydrogens is 274 g/mol. The molecule has 6 atom stereocenters. The Morgan fingerprint density at radius 2 is 1.86 bits per heavy atom. The summed E-state index contributed by atoms with van der Waals surface area (Å²) in [5, 5.41) is 4.10. The van der Waals surface area contributed by atoms with Crippen LogP contribution in [0.2, 0.25) is 0 Å². The molecular formula is C19H25NS. The Morgan fingerprint density at radius 3 is 2.86 bits per heavy atom. The fourth-order valence-corrected chi connectivity index (χ4v) is 7.16. The van der Waals surface area contributed by atoms with E-state index in [1.54, 1.807) is 12.0 Å². The van der Waals surface area contributed by atoms with Crippen molar-refractivity contribution >= 4 is 11.8 Å². The monoisotopic (exact) mass is 299 g/mol. The van der Waals surface area contributed by atoms with Gasteiger partial charge in [0.25, 0.3) is 0 Å². The molecule has 3 aliphatic carbocycles. The molecule has 2 bridgehead atoms. The van der Waals surface area contributed by atoms with Crippen molar-refractivity contribution in [2.75, 3.05) is 5.75 Å². The van der Waals surface area contributed by atoms with Crippen LogP contribution in [0.15, 0.2) is 29.2 Å². The van der Waals surface area contributed by atoms with Crippen LogP contribution in [0.1, 0.15) is 50.1 Å². The summed E-state index contributed by atoms with van der Waals surface area (Å²) >= 11 is 2.04. The average molecular weight is 299 g/mol. The predicted molar refractivity (Wildman–Crippen MR) is 88.5 cm³/mol. The van der Waals surface area contributed by atoms with Crippen molar-refractivity contribution < 1.29 is 0 Å². The second kappa shape index (κ2) is 5.03. The molecule has 0 saturated heterocycles. The van der Waals surface area contributed by atoms with E-state index in [-0.39, 0.29) is 0 Å². The molecule has 1 N–H and O–H groups in total. The van der Waals surface area contributed by atoms with E-state index in [9.17, 15) is 0 Å². The number of rotatable bonds is 2. The molecule has 0 radical (unpaired) electrons. The summed E-state index contributed by atoms with van der Waals surface area (Å²) in [5.41, 5.74) is 1.57. The highest BCUT2D eigenvalue weighted by molar-refractivity contribution is 7.99. The minimum atomic E-state index is 0.617. The van der Waals surface area contributed by atoms with Gasteiger partial charge in [-0.15, -0.1) is 11.8 Å². The topological polar surface area (TPSA) is 12.0 Å². The molecule has 2 heteroatoms. The van der Waals surface area contributed by atoms with Crippen molar-refractivity contribution in [1.82, 2.24) is 5.32 Å². The van der Waals surface area contributed by atoms with Gasteiger partial charge in [0.1, 0.15) is 0 Å². The summed E-state index contributed by atoms with van der Waals surface area (Å²) in [5.74, 6) is 5.54. The molecule has 0 amide bonds. The van der Waals surface area contributed by atoms with Crippen LogP contribution < -0.4 is 5.32 Å². The second-order valence-electron chi connectivity index (χ2n) is 7.65. The van der Waals surface area contributed by atoms with E-state index in [0.717, 1.165) is 29.7 Å². The number of benzene rings is 1. The van der Waals surface area contributed by atoms with E-state index in [4.69, 9.17) is 0 Å². The fraction of sp³-hybridized carbons (Fsp3) is 0.684. The molecule has 1 nitrogen and oxygen atoms in total. The SMILES string of the molecule is c1ccc2c(c1)SCC[C@@H]2N[C@@H]1C[C@H]2C[C@H]1[C@H]1CCC[C@@H]21. The fourth-order valence-electron chi connectivity index (χ4n) is 6.03. The van der Waals surface area contributed by atoms with Crippen molar-refractivity contribution in [3.63, 3.8) is 0 Å². The molecule has 112 valence electrons. The lowest BCUT2D eigenvalue weighted by atomic mass is 9.78. The summed E-state index contributed by atoms with van der Waals surface area (Å²) in [4.78, 5) is 1.52. The Hall–Kier alpha value is -0.470. The highest BCUT2D eigenvalue weighted by Crippen LogP contribution is 2.59. The van der Waals surface area contributed by atoms with E-state index in [2.05, 4.69) is 29.6 Å². The minimum absolute atomic E-state index is 0.617. The zero-order chi connectivity index (χ0) is 13.8. The molecule has 0 unspecified atom stereocenters. The molecule has 3 fully saturated rings. The third-order valence-electron chi connectivity index (χ3n) is 6.80. The maximum absolute atomic E-state index is 4.10. The number of hydrogen-bond donors (Lipinski definition) is 1. The quantitative estimate of drug-likeness (QED) is 0.854. The summed E-state index contributed by atoms with van der Waals surface area (Å²) in [6.07, 6.45) is 8.90. The van der Waals surface area contributed by atoms with Crippen LogP contribution in [0.4, 0.5) is 0 Å². The van der Waals surface area contributed by atoms with Crippen LogP contribution in [0, 0.1) is 23.7 Å². The van der Waals surface area contributed by atoms with Crippen molar-refractivity contribution in [2.24, 2.45) is 23.7 Å². The summed E-state index contributed by atoms with van der Waals surface area (Å²) in [7, 11) is 0. The maximum atomic E-state index is 4.10.